The molecule has 136 valence electrons. The first kappa shape index (κ1) is 18.6. The molecule has 0 unspecified atom stereocenters. The molecule has 0 amide bonds. The Hall–Kier alpha value is -2.78. The average Bonchev–Trinajstić information content (AvgIpc) is 2.97. The van der Waals surface area contributed by atoms with Gasteiger partial charge in [0, 0.05) is 18.0 Å². The number of aliphatic imine (C=N–C) groups is 1. The van der Waals surface area contributed by atoms with Crippen LogP contribution in [-0.2, 0) is 6.42 Å². The van der Waals surface area contributed by atoms with Gasteiger partial charge >= 0.3 is 6.36 Å². The number of aromatic nitrogens is 2. The number of nitrogens with two attached hydrogens (primary N) is 1. The number of hydrogen-bond donors (Lipinski definition) is 2. The molecule has 0 atom stereocenters. The number of guanidine groups is 1. The first-order chi connectivity index (χ1) is 11.7. The van der Waals surface area contributed by atoms with Crippen LogP contribution in [0.15, 0.2) is 33.8 Å². The molecule has 10 heteroatoms. The van der Waals surface area contributed by atoms with Crippen molar-refractivity contribution in [2.45, 2.75) is 32.5 Å². The molecule has 7 nitrogen and oxygen atoms in total. The number of ether oxygens (including phenoxy) is 1. The van der Waals surface area contributed by atoms with Crippen molar-refractivity contribution in [3.63, 3.8) is 0 Å². The van der Waals surface area contributed by atoms with Gasteiger partial charge in [-0.2, -0.15) is 4.98 Å². The van der Waals surface area contributed by atoms with Gasteiger partial charge in [0.2, 0.25) is 5.89 Å². The van der Waals surface area contributed by atoms with Gasteiger partial charge in [-0.15, -0.1) is 13.2 Å². The predicted molar refractivity (Wildman–Crippen MR) is 85.3 cm³/mol. The largest absolute Gasteiger partial charge is 0.573 e. The fourth-order valence-electron chi connectivity index (χ4n) is 1.80. The van der Waals surface area contributed by atoms with Crippen molar-refractivity contribution in [2.24, 2.45) is 10.7 Å². The minimum Gasteiger partial charge on any atom is -0.406 e. The molecule has 0 saturated carbocycles. The van der Waals surface area contributed by atoms with Crippen LogP contribution in [0.5, 0.6) is 5.75 Å². The SMILES string of the molecule is CC(C)c1noc(CCN=C(N)Nc2ccc(OC(F)(F)F)cc2)n1. The van der Waals surface area contributed by atoms with Gasteiger partial charge in [0.05, 0.1) is 6.54 Å². The Morgan fingerprint density at radius 3 is 2.56 bits per heavy atom. The third-order valence-corrected chi connectivity index (χ3v) is 2.97. The fourth-order valence-corrected chi connectivity index (χ4v) is 1.80. The van der Waals surface area contributed by atoms with Crippen LogP contribution in [-0.4, -0.2) is 29.0 Å². The van der Waals surface area contributed by atoms with Gasteiger partial charge in [0.1, 0.15) is 5.75 Å². The lowest BCUT2D eigenvalue weighted by molar-refractivity contribution is -0.274. The molecule has 0 spiro atoms. The molecule has 1 aromatic carbocycles. The summed E-state index contributed by atoms with van der Waals surface area (Å²) in [5.41, 5.74) is 6.21. The maximum absolute atomic E-state index is 12.1. The number of hydrogen-bond acceptors (Lipinski definition) is 5. The summed E-state index contributed by atoms with van der Waals surface area (Å²) in [6.45, 7) is 4.24. The number of halogens is 3. The predicted octanol–water partition coefficient (Wildman–Crippen LogP) is 3.06. The van der Waals surface area contributed by atoms with Crippen molar-refractivity contribution in [1.82, 2.24) is 10.1 Å². The topological polar surface area (TPSA) is 98.6 Å². The molecular weight excluding hydrogens is 339 g/mol. The zero-order chi connectivity index (χ0) is 18.4. The van der Waals surface area contributed by atoms with E-state index in [1.807, 2.05) is 13.8 Å². The smallest absolute Gasteiger partial charge is 0.406 e. The van der Waals surface area contributed by atoms with E-state index in [1.165, 1.54) is 24.3 Å². The second-order valence-electron chi connectivity index (χ2n) is 5.42. The molecule has 2 aromatic rings. The molecule has 25 heavy (non-hydrogen) atoms. The zero-order valence-electron chi connectivity index (χ0n) is 13.7. The van der Waals surface area contributed by atoms with Gasteiger partial charge in [0.25, 0.3) is 0 Å². The molecule has 0 aliphatic rings. The highest BCUT2D eigenvalue weighted by atomic mass is 19.4. The van der Waals surface area contributed by atoms with Crippen LogP contribution in [0.25, 0.3) is 0 Å². The summed E-state index contributed by atoms with van der Waals surface area (Å²) in [5.74, 6) is 1.08. The molecule has 0 saturated heterocycles. The van der Waals surface area contributed by atoms with Crippen molar-refractivity contribution in [1.29, 1.82) is 0 Å². The van der Waals surface area contributed by atoms with E-state index in [-0.39, 0.29) is 17.6 Å². The van der Waals surface area contributed by atoms with Crippen molar-refractivity contribution in [3.05, 3.63) is 36.0 Å². The number of anilines is 1. The summed E-state index contributed by atoms with van der Waals surface area (Å²) >= 11 is 0. The van der Waals surface area contributed by atoms with Gasteiger partial charge in [0.15, 0.2) is 11.8 Å². The van der Waals surface area contributed by atoms with Crippen LogP contribution in [0, 0.1) is 0 Å². The van der Waals surface area contributed by atoms with Crippen LogP contribution in [0.2, 0.25) is 0 Å². The Kier molecular flexibility index (Phi) is 5.84. The maximum Gasteiger partial charge on any atom is 0.573 e. The molecular formula is C15H18F3N5O2. The van der Waals surface area contributed by atoms with E-state index in [0.717, 1.165) is 0 Å². The molecule has 1 aromatic heterocycles. The molecule has 1 heterocycles. The van der Waals surface area contributed by atoms with Crippen LogP contribution in [0.3, 0.4) is 0 Å². The minimum absolute atomic E-state index is 0.119. The van der Waals surface area contributed by atoms with Crippen LogP contribution < -0.4 is 15.8 Å². The first-order valence-corrected chi connectivity index (χ1v) is 7.48. The monoisotopic (exact) mass is 357 g/mol. The van der Waals surface area contributed by atoms with E-state index in [2.05, 4.69) is 25.2 Å². The fraction of sp³-hybridized carbons (Fsp3) is 0.400. The van der Waals surface area contributed by atoms with E-state index in [4.69, 9.17) is 10.3 Å². The summed E-state index contributed by atoms with van der Waals surface area (Å²) in [6.07, 6.45) is -4.29. The normalized spacial score (nSPS) is 12.5. The number of rotatable bonds is 6. The highest BCUT2D eigenvalue weighted by molar-refractivity contribution is 5.92. The standard InChI is InChI=1S/C15H18F3N5O2/c1-9(2)13-22-12(25-23-13)7-8-20-14(19)21-10-3-5-11(6-4-10)24-15(16,17)18/h3-6,9H,7-8H2,1-2H3,(H3,19,20,21). The minimum atomic E-state index is -4.72. The molecule has 0 fully saturated rings. The van der Waals surface area contributed by atoms with E-state index >= 15 is 0 Å². The quantitative estimate of drug-likeness (QED) is 0.609. The Morgan fingerprint density at radius 1 is 1.32 bits per heavy atom. The van der Waals surface area contributed by atoms with E-state index in [0.29, 0.717) is 30.4 Å². The van der Waals surface area contributed by atoms with E-state index in [9.17, 15) is 13.2 Å². The highest BCUT2D eigenvalue weighted by Gasteiger charge is 2.30. The Labute approximate surface area is 142 Å². The molecule has 3 N–H and O–H groups in total. The van der Waals surface area contributed by atoms with Gasteiger partial charge in [-0.05, 0) is 24.3 Å². The average molecular weight is 357 g/mol. The number of benzene rings is 1. The van der Waals surface area contributed by atoms with E-state index in [1.54, 1.807) is 0 Å². The Morgan fingerprint density at radius 2 is 2.00 bits per heavy atom. The van der Waals surface area contributed by atoms with Crippen LogP contribution in [0.1, 0.15) is 31.5 Å². The lowest BCUT2D eigenvalue weighted by Gasteiger charge is -2.10. The third kappa shape index (κ3) is 6.32. The number of alkyl halides is 3. The molecule has 0 aliphatic carbocycles. The lowest BCUT2D eigenvalue weighted by atomic mass is 10.2. The number of nitrogens with zero attached hydrogens (tertiary/aromatic N) is 3. The summed E-state index contributed by atoms with van der Waals surface area (Å²) in [5, 5.41) is 6.61. The maximum atomic E-state index is 12.1. The van der Waals surface area contributed by atoms with Crippen LogP contribution >= 0.6 is 0 Å². The van der Waals surface area contributed by atoms with Crippen molar-refractivity contribution < 1.29 is 22.4 Å². The second-order valence-corrected chi connectivity index (χ2v) is 5.42. The summed E-state index contributed by atoms with van der Waals surface area (Å²) < 4.78 is 45.1. The first-order valence-electron chi connectivity index (χ1n) is 7.48. The second kappa shape index (κ2) is 7.86. The summed E-state index contributed by atoms with van der Waals surface area (Å²) in [4.78, 5) is 8.31. The molecule has 2 rings (SSSR count). The third-order valence-electron chi connectivity index (χ3n) is 2.97. The van der Waals surface area contributed by atoms with Gasteiger partial charge in [-0.1, -0.05) is 19.0 Å². The van der Waals surface area contributed by atoms with E-state index < -0.39 is 6.36 Å². The summed E-state index contributed by atoms with van der Waals surface area (Å²) in [7, 11) is 0. The van der Waals surface area contributed by atoms with Crippen molar-refractivity contribution in [3.8, 4) is 5.75 Å². The lowest BCUT2D eigenvalue weighted by Crippen LogP contribution is -2.23. The zero-order valence-corrected chi connectivity index (χ0v) is 13.7. The van der Waals surface area contributed by atoms with Crippen LogP contribution in [0.4, 0.5) is 18.9 Å². The number of nitrogens with one attached hydrogen (secondary N) is 1. The van der Waals surface area contributed by atoms with Gasteiger partial charge in [-0.25, -0.2) is 0 Å². The van der Waals surface area contributed by atoms with Gasteiger partial charge < -0.3 is 20.3 Å². The molecule has 0 bridgehead atoms. The Balaban J connectivity index is 1.84. The molecule has 0 aliphatic heterocycles. The summed E-state index contributed by atoms with van der Waals surface area (Å²) in [6, 6.07) is 5.15. The van der Waals surface area contributed by atoms with Crippen molar-refractivity contribution in [2.75, 3.05) is 11.9 Å². The Bertz CT molecular complexity index is 711. The van der Waals surface area contributed by atoms with Crippen molar-refractivity contribution >= 4 is 11.6 Å². The highest BCUT2D eigenvalue weighted by Crippen LogP contribution is 2.23. The molecule has 0 radical (unpaired) electrons. The van der Waals surface area contributed by atoms with Gasteiger partial charge in [-0.3, -0.25) is 4.99 Å².